The van der Waals surface area contributed by atoms with Crippen LogP contribution in [0.4, 0.5) is 0 Å². The van der Waals surface area contributed by atoms with Crippen LogP contribution >= 0.6 is 0 Å². The molecule has 2 aromatic carbocycles. The molecule has 146 valence electrons. The minimum Gasteiger partial charge on any atom is -0.350 e. The van der Waals surface area contributed by atoms with Crippen LogP contribution in [0.25, 0.3) is 10.8 Å². The molecule has 0 radical (unpaired) electrons. The SMILES string of the molecule is CC(C)(C)NC(=O)CN1N=CN2NC(c3cccc4ccccc34)CC2C1=O. The van der Waals surface area contributed by atoms with Crippen molar-refractivity contribution in [2.45, 2.75) is 44.8 Å². The molecule has 7 nitrogen and oxygen atoms in total. The van der Waals surface area contributed by atoms with Crippen LogP contribution in [0.2, 0.25) is 0 Å². The van der Waals surface area contributed by atoms with E-state index in [9.17, 15) is 9.59 Å². The van der Waals surface area contributed by atoms with Gasteiger partial charge in [0.1, 0.15) is 18.9 Å². The molecule has 0 spiro atoms. The second kappa shape index (κ2) is 6.91. The number of hydrazine groups is 1. The van der Waals surface area contributed by atoms with E-state index in [0.717, 1.165) is 5.56 Å². The van der Waals surface area contributed by atoms with Gasteiger partial charge in [-0.3, -0.25) is 14.6 Å². The number of hydrogen-bond acceptors (Lipinski definition) is 5. The normalized spacial score (nSPS) is 21.9. The van der Waals surface area contributed by atoms with Gasteiger partial charge in [0.15, 0.2) is 0 Å². The second-order valence-electron chi connectivity index (χ2n) is 8.33. The number of nitrogens with one attached hydrogen (secondary N) is 2. The van der Waals surface area contributed by atoms with E-state index in [4.69, 9.17) is 0 Å². The molecule has 2 aliphatic heterocycles. The molecule has 2 amide bonds. The fourth-order valence-electron chi connectivity index (χ4n) is 3.80. The predicted octanol–water partition coefficient (Wildman–Crippen LogP) is 2.16. The van der Waals surface area contributed by atoms with Gasteiger partial charge in [-0.1, -0.05) is 42.5 Å². The van der Waals surface area contributed by atoms with Crippen LogP contribution in [0.15, 0.2) is 47.6 Å². The second-order valence-corrected chi connectivity index (χ2v) is 8.33. The number of carbonyl (C=O) groups is 2. The first-order chi connectivity index (χ1) is 13.3. The van der Waals surface area contributed by atoms with Crippen LogP contribution in [0, 0.1) is 0 Å². The van der Waals surface area contributed by atoms with Crippen molar-refractivity contribution >= 4 is 28.9 Å². The molecular weight excluding hydrogens is 354 g/mol. The highest BCUT2D eigenvalue weighted by molar-refractivity contribution is 5.91. The van der Waals surface area contributed by atoms with Crippen LogP contribution in [-0.4, -0.2) is 46.3 Å². The molecule has 0 aliphatic carbocycles. The fraction of sp³-hybridized carbons (Fsp3) is 0.381. The minimum atomic E-state index is -0.371. The van der Waals surface area contributed by atoms with Gasteiger partial charge in [0, 0.05) is 5.54 Å². The number of hydrazone groups is 1. The highest BCUT2D eigenvalue weighted by Crippen LogP contribution is 2.33. The third-order valence-electron chi connectivity index (χ3n) is 4.96. The Morgan fingerprint density at radius 1 is 1.21 bits per heavy atom. The molecule has 28 heavy (non-hydrogen) atoms. The van der Waals surface area contributed by atoms with Gasteiger partial charge in [-0.15, -0.1) is 0 Å². The summed E-state index contributed by atoms with van der Waals surface area (Å²) in [7, 11) is 0. The van der Waals surface area contributed by atoms with Crippen molar-refractivity contribution in [3.05, 3.63) is 48.0 Å². The van der Waals surface area contributed by atoms with E-state index in [1.165, 1.54) is 15.8 Å². The van der Waals surface area contributed by atoms with E-state index in [0.29, 0.717) is 6.42 Å². The molecule has 2 aromatic rings. The van der Waals surface area contributed by atoms with Gasteiger partial charge in [-0.2, -0.15) is 5.10 Å². The van der Waals surface area contributed by atoms with Crippen LogP contribution < -0.4 is 10.7 Å². The summed E-state index contributed by atoms with van der Waals surface area (Å²) in [5.74, 6) is -0.384. The van der Waals surface area contributed by atoms with Crippen LogP contribution in [0.3, 0.4) is 0 Å². The topological polar surface area (TPSA) is 77.0 Å². The minimum absolute atomic E-state index is 0.00912. The smallest absolute Gasteiger partial charge is 0.267 e. The summed E-state index contributed by atoms with van der Waals surface area (Å²) in [6, 6.07) is 14.1. The number of fused-ring (bicyclic) bond motifs is 2. The average Bonchev–Trinajstić information content (AvgIpc) is 3.07. The lowest BCUT2D eigenvalue weighted by Gasteiger charge is -2.30. The standard InChI is InChI=1S/C21H25N5O2/c1-21(2,3)23-19(27)12-25-20(28)18-11-17(24-26(18)13-22-25)16-10-6-8-14-7-4-5-9-15(14)16/h4-10,13,17-18,24H,11-12H2,1-3H3,(H,23,27). The highest BCUT2D eigenvalue weighted by atomic mass is 16.2. The molecule has 2 heterocycles. The number of amides is 2. The zero-order valence-electron chi connectivity index (χ0n) is 16.3. The van der Waals surface area contributed by atoms with Gasteiger partial charge in [0.05, 0.1) is 6.04 Å². The fourth-order valence-corrected chi connectivity index (χ4v) is 3.80. The van der Waals surface area contributed by atoms with Crippen LogP contribution in [0.5, 0.6) is 0 Å². The molecular formula is C21H25N5O2. The van der Waals surface area contributed by atoms with Crippen molar-refractivity contribution in [2.24, 2.45) is 5.10 Å². The van der Waals surface area contributed by atoms with E-state index in [1.54, 1.807) is 11.3 Å². The van der Waals surface area contributed by atoms with Crippen molar-refractivity contribution in [1.29, 1.82) is 0 Å². The monoisotopic (exact) mass is 379 g/mol. The Hall–Kier alpha value is -2.93. The van der Waals surface area contributed by atoms with E-state index in [2.05, 4.69) is 40.1 Å². The lowest BCUT2D eigenvalue weighted by Crippen LogP contribution is -2.53. The third kappa shape index (κ3) is 3.57. The maximum atomic E-state index is 12.9. The molecule has 1 fully saturated rings. The lowest BCUT2D eigenvalue weighted by atomic mass is 9.96. The molecule has 0 bridgehead atoms. The Balaban J connectivity index is 1.50. The number of hydrogen-bond donors (Lipinski definition) is 2. The van der Waals surface area contributed by atoms with Crippen molar-refractivity contribution in [2.75, 3.05) is 6.54 Å². The van der Waals surface area contributed by atoms with E-state index in [-0.39, 0.29) is 36.0 Å². The summed E-state index contributed by atoms with van der Waals surface area (Å²) in [5.41, 5.74) is 4.19. The van der Waals surface area contributed by atoms with Gasteiger partial charge in [0.25, 0.3) is 5.91 Å². The average molecular weight is 379 g/mol. The molecule has 4 rings (SSSR count). The van der Waals surface area contributed by atoms with Crippen molar-refractivity contribution in [3.63, 3.8) is 0 Å². The number of carbonyl (C=O) groups excluding carboxylic acids is 2. The summed E-state index contributed by atoms with van der Waals surface area (Å²) < 4.78 is 0. The van der Waals surface area contributed by atoms with Crippen molar-refractivity contribution in [3.8, 4) is 0 Å². The number of rotatable bonds is 3. The summed E-state index contributed by atoms with van der Waals surface area (Å²) in [6.45, 7) is 5.65. The molecule has 1 saturated heterocycles. The molecule has 7 heteroatoms. The maximum Gasteiger partial charge on any atom is 0.267 e. The summed E-state index contributed by atoms with van der Waals surface area (Å²) in [4.78, 5) is 25.1. The van der Waals surface area contributed by atoms with Gasteiger partial charge in [-0.25, -0.2) is 10.4 Å². The van der Waals surface area contributed by atoms with Gasteiger partial charge in [0.2, 0.25) is 5.91 Å². The molecule has 2 unspecified atom stereocenters. The third-order valence-corrected chi connectivity index (χ3v) is 4.96. The van der Waals surface area contributed by atoms with Crippen LogP contribution in [-0.2, 0) is 9.59 Å². The van der Waals surface area contributed by atoms with Crippen molar-refractivity contribution in [1.82, 2.24) is 20.8 Å². The molecule has 2 atom stereocenters. The first-order valence-electron chi connectivity index (χ1n) is 9.50. The van der Waals surface area contributed by atoms with Gasteiger partial charge < -0.3 is 5.32 Å². The number of benzene rings is 2. The van der Waals surface area contributed by atoms with E-state index < -0.39 is 0 Å². The maximum absolute atomic E-state index is 12.9. The lowest BCUT2D eigenvalue weighted by molar-refractivity contribution is -0.140. The van der Waals surface area contributed by atoms with Crippen LogP contribution in [0.1, 0.15) is 38.8 Å². The number of nitrogens with zero attached hydrogens (tertiary/aromatic N) is 3. The van der Waals surface area contributed by atoms with E-state index in [1.807, 2.05) is 39.0 Å². The Labute approximate surface area is 164 Å². The summed E-state index contributed by atoms with van der Waals surface area (Å²) in [5, 5.41) is 12.4. The quantitative estimate of drug-likeness (QED) is 0.857. The predicted molar refractivity (Wildman–Crippen MR) is 108 cm³/mol. The van der Waals surface area contributed by atoms with Gasteiger partial charge >= 0.3 is 0 Å². The first-order valence-corrected chi connectivity index (χ1v) is 9.50. The Kier molecular flexibility index (Phi) is 4.55. The Bertz CT molecular complexity index is 944. The van der Waals surface area contributed by atoms with Crippen molar-refractivity contribution < 1.29 is 9.59 Å². The molecule has 2 N–H and O–H groups in total. The zero-order valence-corrected chi connectivity index (χ0v) is 16.3. The summed E-state index contributed by atoms with van der Waals surface area (Å²) >= 11 is 0. The largest absolute Gasteiger partial charge is 0.350 e. The molecule has 0 aromatic heterocycles. The zero-order chi connectivity index (χ0) is 19.9. The Morgan fingerprint density at radius 3 is 2.75 bits per heavy atom. The highest BCUT2D eigenvalue weighted by Gasteiger charge is 2.41. The molecule has 0 saturated carbocycles. The van der Waals surface area contributed by atoms with E-state index >= 15 is 0 Å². The van der Waals surface area contributed by atoms with Gasteiger partial charge in [-0.05, 0) is 43.5 Å². The first kappa shape index (κ1) is 18.4. The summed E-state index contributed by atoms with van der Waals surface area (Å²) in [6.07, 6.45) is 2.22. The molecule has 2 aliphatic rings. The Morgan fingerprint density at radius 2 is 1.96 bits per heavy atom.